The lowest BCUT2D eigenvalue weighted by atomic mass is 10.2. The van der Waals surface area contributed by atoms with E-state index < -0.39 is 11.6 Å². The zero-order chi connectivity index (χ0) is 9.26. The van der Waals surface area contributed by atoms with Crippen LogP contribution in [0.3, 0.4) is 0 Å². The first-order valence-electron chi connectivity index (χ1n) is 4.07. The number of thioether (sulfide) groups is 1. The minimum Gasteiger partial charge on any atom is -0.301 e. The Morgan fingerprint density at radius 2 is 2.23 bits per heavy atom. The van der Waals surface area contributed by atoms with E-state index in [0.717, 1.165) is 18.4 Å². The van der Waals surface area contributed by atoms with Crippen LogP contribution in [-0.2, 0) is 0 Å². The van der Waals surface area contributed by atoms with Crippen LogP contribution in [0, 0.1) is 11.6 Å². The molecule has 0 unspecified atom stereocenters. The fourth-order valence-corrected chi connectivity index (χ4v) is 2.42. The van der Waals surface area contributed by atoms with E-state index in [0.29, 0.717) is 5.56 Å². The van der Waals surface area contributed by atoms with Crippen LogP contribution in [0.15, 0.2) is 18.2 Å². The molecule has 0 aromatic heterocycles. The number of halogens is 2. The van der Waals surface area contributed by atoms with Crippen molar-refractivity contribution in [3.05, 3.63) is 35.4 Å². The summed E-state index contributed by atoms with van der Waals surface area (Å²) in [5, 5.41) is 3.12. The summed E-state index contributed by atoms with van der Waals surface area (Å²) >= 11 is 1.64. The highest BCUT2D eigenvalue weighted by molar-refractivity contribution is 7.99. The monoisotopic (exact) mass is 201 g/mol. The molecule has 0 bridgehead atoms. The van der Waals surface area contributed by atoms with Gasteiger partial charge in [0.15, 0.2) is 0 Å². The third-order valence-corrected chi connectivity index (χ3v) is 3.16. The molecule has 4 heteroatoms. The Labute approximate surface area is 79.5 Å². The summed E-state index contributed by atoms with van der Waals surface area (Å²) in [5.74, 6) is -0.0160. The predicted octanol–water partition coefficient (Wildman–Crippen LogP) is 2.30. The maximum Gasteiger partial charge on any atom is 0.131 e. The van der Waals surface area contributed by atoms with Crippen molar-refractivity contribution in [2.75, 3.05) is 12.3 Å². The standard InChI is InChI=1S/C9H9F2NS/c10-6-1-2-7(8(11)5-6)9-12-3-4-13-9/h1-2,5,9,12H,3-4H2/t9-/m0/s1. The van der Waals surface area contributed by atoms with Gasteiger partial charge in [0.25, 0.3) is 0 Å². The van der Waals surface area contributed by atoms with Crippen LogP contribution in [0.25, 0.3) is 0 Å². The average Bonchev–Trinajstić information content (AvgIpc) is 2.56. The van der Waals surface area contributed by atoms with E-state index in [2.05, 4.69) is 5.32 Å². The van der Waals surface area contributed by atoms with Gasteiger partial charge in [0.05, 0.1) is 5.37 Å². The molecule has 1 fully saturated rings. The summed E-state index contributed by atoms with van der Waals surface area (Å²) in [6.07, 6.45) is 0. The fraction of sp³-hybridized carbons (Fsp3) is 0.333. The molecule has 0 aliphatic carbocycles. The molecular formula is C9H9F2NS. The molecule has 0 radical (unpaired) electrons. The van der Waals surface area contributed by atoms with Crippen molar-refractivity contribution in [1.29, 1.82) is 0 Å². The van der Waals surface area contributed by atoms with Gasteiger partial charge in [-0.05, 0) is 6.07 Å². The highest BCUT2D eigenvalue weighted by Gasteiger charge is 2.19. The van der Waals surface area contributed by atoms with Crippen molar-refractivity contribution in [1.82, 2.24) is 5.32 Å². The first kappa shape index (κ1) is 8.97. The van der Waals surface area contributed by atoms with Crippen LogP contribution in [-0.4, -0.2) is 12.3 Å². The molecule has 1 aliphatic rings. The minimum absolute atomic E-state index is 0.0133. The van der Waals surface area contributed by atoms with Crippen molar-refractivity contribution in [2.45, 2.75) is 5.37 Å². The number of nitrogens with one attached hydrogen (secondary N) is 1. The van der Waals surface area contributed by atoms with E-state index >= 15 is 0 Å². The molecule has 0 amide bonds. The quantitative estimate of drug-likeness (QED) is 0.748. The lowest BCUT2D eigenvalue weighted by Gasteiger charge is -2.10. The maximum absolute atomic E-state index is 13.2. The SMILES string of the molecule is Fc1ccc([C@H]2NCCS2)c(F)c1. The topological polar surface area (TPSA) is 12.0 Å². The molecule has 1 aromatic carbocycles. The Hall–Kier alpha value is -0.610. The highest BCUT2D eigenvalue weighted by atomic mass is 32.2. The first-order valence-corrected chi connectivity index (χ1v) is 5.12. The van der Waals surface area contributed by atoms with Crippen LogP contribution < -0.4 is 5.32 Å². The summed E-state index contributed by atoms with van der Waals surface area (Å²) < 4.78 is 25.8. The predicted molar refractivity (Wildman–Crippen MR) is 49.6 cm³/mol. The Bertz CT molecular complexity index is 310. The molecule has 13 heavy (non-hydrogen) atoms. The van der Waals surface area contributed by atoms with Crippen molar-refractivity contribution in [3.63, 3.8) is 0 Å². The minimum atomic E-state index is -0.524. The van der Waals surface area contributed by atoms with E-state index in [1.165, 1.54) is 12.1 Å². The van der Waals surface area contributed by atoms with Crippen LogP contribution in [0.1, 0.15) is 10.9 Å². The molecule has 1 nitrogen and oxygen atoms in total. The second-order valence-electron chi connectivity index (χ2n) is 2.87. The van der Waals surface area contributed by atoms with E-state index in [1.807, 2.05) is 0 Å². The largest absolute Gasteiger partial charge is 0.301 e. The summed E-state index contributed by atoms with van der Waals surface area (Å²) in [6.45, 7) is 0.881. The summed E-state index contributed by atoms with van der Waals surface area (Å²) in [6, 6.07) is 3.72. The molecule has 1 aliphatic heterocycles. The zero-order valence-electron chi connectivity index (χ0n) is 6.89. The molecule has 1 saturated heterocycles. The van der Waals surface area contributed by atoms with Gasteiger partial charge >= 0.3 is 0 Å². The summed E-state index contributed by atoms with van der Waals surface area (Å²) in [5.41, 5.74) is 0.545. The molecule has 1 N–H and O–H groups in total. The van der Waals surface area contributed by atoms with E-state index in [1.54, 1.807) is 11.8 Å². The number of benzene rings is 1. The smallest absolute Gasteiger partial charge is 0.131 e. The fourth-order valence-electron chi connectivity index (χ4n) is 1.34. The molecule has 1 heterocycles. The molecule has 70 valence electrons. The van der Waals surface area contributed by atoms with Gasteiger partial charge in [0.1, 0.15) is 11.6 Å². The van der Waals surface area contributed by atoms with E-state index in [4.69, 9.17) is 0 Å². The normalized spacial score (nSPS) is 22.2. The highest BCUT2D eigenvalue weighted by Crippen LogP contribution is 2.31. The lowest BCUT2D eigenvalue weighted by molar-refractivity contribution is 0.564. The number of hydrogen-bond donors (Lipinski definition) is 1. The van der Waals surface area contributed by atoms with Crippen molar-refractivity contribution in [2.24, 2.45) is 0 Å². The van der Waals surface area contributed by atoms with Gasteiger partial charge in [-0.2, -0.15) is 0 Å². The van der Waals surface area contributed by atoms with E-state index in [-0.39, 0.29) is 5.37 Å². The molecule has 1 aromatic rings. The van der Waals surface area contributed by atoms with Gasteiger partial charge < -0.3 is 5.32 Å². The third-order valence-electron chi connectivity index (χ3n) is 1.96. The molecule has 0 saturated carbocycles. The Balaban J connectivity index is 2.29. The van der Waals surface area contributed by atoms with Gasteiger partial charge in [-0.15, -0.1) is 11.8 Å². The summed E-state index contributed by atoms with van der Waals surface area (Å²) in [7, 11) is 0. The summed E-state index contributed by atoms with van der Waals surface area (Å²) in [4.78, 5) is 0. The molecule has 2 rings (SSSR count). The third kappa shape index (κ3) is 1.84. The van der Waals surface area contributed by atoms with Gasteiger partial charge in [-0.25, -0.2) is 8.78 Å². The lowest BCUT2D eigenvalue weighted by Crippen LogP contribution is -2.13. The van der Waals surface area contributed by atoms with Gasteiger partial charge in [-0.1, -0.05) is 6.07 Å². The first-order chi connectivity index (χ1) is 6.27. The molecular weight excluding hydrogens is 192 g/mol. The Morgan fingerprint density at radius 1 is 1.38 bits per heavy atom. The Morgan fingerprint density at radius 3 is 2.85 bits per heavy atom. The van der Waals surface area contributed by atoms with Crippen LogP contribution in [0.2, 0.25) is 0 Å². The maximum atomic E-state index is 13.2. The number of rotatable bonds is 1. The van der Waals surface area contributed by atoms with Crippen LogP contribution >= 0.6 is 11.8 Å². The van der Waals surface area contributed by atoms with E-state index in [9.17, 15) is 8.78 Å². The van der Waals surface area contributed by atoms with Gasteiger partial charge in [-0.3, -0.25) is 0 Å². The number of hydrogen-bond acceptors (Lipinski definition) is 2. The van der Waals surface area contributed by atoms with Crippen molar-refractivity contribution >= 4 is 11.8 Å². The van der Waals surface area contributed by atoms with Crippen molar-refractivity contribution < 1.29 is 8.78 Å². The van der Waals surface area contributed by atoms with Crippen LogP contribution in [0.4, 0.5) is 8.78 Å². The van der Waals surface area contributed by atoms with Crippen LogP contribution in [0.5, 0.6) is 0 Å². The van der Waals surface area contributed by atoms with Gasteiger partial charge in [0, 0.05) is 23.9 Å². The molecule has 1 atom stereocenters. The Kier molecular flexibility index (Phi) is 2.51. The second kappa shape index (κ2) is 3.64. The zero-order valence-corrected chi connectivity index (χ0v) is 7.70. The average molecular weight is 201 g/mol. The van der Waals surface area contributed by atoms with Gasteiger partial charge in [0.2, 0.25) is 0 Å². The van der Waals surface area contributed by atoms with Crippen molar-refractivity contribution in [3.8, 4) is 0 Å². The molecule has 0 spiro atoms. The second-order valence-corrected chi connectivity index (χ2v) is 4.08.